The van der Waals surface area contributed by atoms with Crippen molar-refractivity contribution < 1.29 is 89.1 Å². The molecule has 4 heterocycles. The molecular weight excluding hydrogens is 955 g/mol. The maximum atomic E-state index is 13.4. The Hall–Kier alpha value is -4.43. The van der Waals surface area contributed by atoms with Gasteiger partial charge in [0.2, 0.25) is 0 Å². The molecule has 4 aliphatic rings. The molecule has 14 N–H and O–H groups in total. The van der Waals surface area contributed by atoms with Gasteiger partial charge >= 0.3 is 18.0 Å². The van der Waals surface area contributed by atoms with Crippen LogP contribution < -0.4 is 16.4 Å². The number of nitrogens with two attached hydrogens (primary N) is 1. The minimum Gasteiger partial charge on any atom is -0.479 e. The second-order valence-corrected chi connectivity index (χ2v) is 19.7. The van der Waals surface area contributed by atoms with E-state index in [2.05, 4.69) is 17.2 Å². The normalized spacial score (nSPS) is 42.3. The van der Waals surface area contributed by atoms with E-state index < -0.39 is 146 Å². The molecule has 3 fully saturated rings. The van der Waals surface area contributed by atoms with Gasteiger partial charge in [-0.3, -0.25) is 4.79 Å². The monoisotopic (exact) mass is 1030 g/mol. The van der Waals surface area contributed by atoms with Crippen LogP contribution in [0.4, 0.5) is 4.79 Å². The van der Waals surface area contributed by atoms with Gasteiger partial charge in [-0.1, -0.05) is 105 Å². The van der Waals surface area contributed by atoms with E-state index in [1.807, 2.05) is 25.2 Å². The number of rotatable bonds is 5. The molecule has 21 heteroatoms. The first-order valence-corrected chi connectivity index (χ1v) is 24.8. The van der Waals surface area contributed by atoms with Crippen LogP contribution in [-0.2, 0) is 33.3 Å². The van der Waals surface area contributed by atoms with Crippen molar-refractivity contribution in [3.63, 3.8) is 0 Å². The van der Waals surface area contributed by atoms with Gasteiger partial charge in [0.05, 0.1) is 92.8 Å². The number of fused-ring (bicyclic) bond motifs is 2. The van der Waals surface area contributed by atoms with Gasteiger partial charge in [-0.05, 0) is 45.1 Å². The first kappa shape index (κ1) is 61.1. The third kappa shape index (κ3) is 19.0. The van der Waals surface area contributed by atoms with Gasteiger partial charge in [-0.25, -0.2) is 9.59 Å². The number of esters is 1. The van der Waals surface area contributed by atoms with Crippen molar-refractivity contribution in [2.45, 2.75) is 182 Å². The van der Waals surface area contributed by atoms with Crippen molar-refractivity contribution in [1.29, 1.82) is 0 Å². The minimum absolute atomic E-state index is 0.0298. The van der Waals surface area contributed by atoms with E-state index in [-0.39, 0.29) is 56.8 Å². The van der Waals surface area contributed by atoms with Crippen molar-refractivity contribution in [2.24, 2.45) is 17.6 Å². The Labute approximate surface area is 426 Å². The molecule has 2 amide bonds. The molecule has 18 atom stereocenters. The number of nitrogens with one attached hydrogen (secondary N) is 2. The zero-order chi connectivity index (χ0) is 54.0. The Morgan fingerprint density at radius 2 is 1.33 bits per heavy atom. The van der Waals surface area contributed by atoms with Crippen molar-refractivity contribution in [1.82, 2.24) is 10.6 Å². The van der Waals surface area contributed by atoms with Crippen LogP contribution in [0.15, 0.2) is 97.2 Å². The van der Waals surface area contributed by atoms with E-state index in [1.165, 1.54) is 6.92 Å². The number of aliphatic hydroxyl groups is 9. The second-order valence-electron chi connectivity index (χ2n) is 19.7. The molecule has 0 aromatic carbocycles. The molecule has 4 aliphatic heterocycles. The summed E-state index contributed by atoms with van der Waals surface area (Å²) in [6, 6.07) is -3.52. The molecule has 0 aliphatic carbocycles. The molecule has 410 valence electrons. The first-order valence-electron chi connectivity index (χ1n) is 24.8. The number of cyclic esters (lactones) is 1. The van der Waals surface area contributed by atoms with Crippen LogP contribution in [0.3, 0.4) is 0 Å². The second kappa shape index (κ2) is 29.0. The summed E-state index contributed by atoms with van der Waals surface area (Å²) in [5, 5.41) is 114. The zero-order valence-corrected chi connectivity index (χ0v) is 42.0. The average Bonchev–Trinajstić information content (AvgIpc) is 3.30. The van der Waals surface area contributed by atoms with E-state index in [1.54, 1.807) is 80.7 Å². The Balaban J connectivity index is 1.61. The largest absolute Gasteiger partial charge is 0.479 e. The molecule has 2 bridgehead atoms. The first-order chi connectivity index (χ1) is 34.4. The van der Waals surface area contributed by atoms with Crippen molar-refractivity contribution >= 4 is 18.0 Å². The fraction of sp³-hybridized carbons (Fsp3) is 0.635. The number of carbonyl (C=O) groups excluding carboxylic acids is 2. The van der Waals surface area contributed by atoms with E-state index in [0.29, 0.717) is 0 Å². The molecule has 21 nitrogen and oxygen atoms in total. The standard InChI is InChI=1S/C52H79N3O18/c1-30-18-16-14-12-10-8-6-7-9-11-13-15-17-19-38(72-48-47(64)43(53)46(63)34(5)71-48)25-41-44(54-50(67)55-51(49(65)66)28-69-29-51)40(60)27-52(68,73-41)26-37(58)22-31(2)39(59)21-20-35(56)23-36(57)24-42(61)70-33(4)32(3)45(30)62/h6-19,30,32-41,43-48,56-60,62-64,68H,2,20-29,53H2,1,3-5H3,(H,65,66)(H2,54,55,67)/b7-6-,10-8-,11-9-,14-12-,15-13-,18-16-,19-17-/t30-,32-,33-,34+,35+,36+,37-,38-,39+,40-,41-,43-,44+,45+,46+,47-,48-,52+/m0/s1. The number of aliphatic carboxylic acids is 1. The summed E-state index contributed by atoms with van der Waals surface area (Å²) in [7, 11) is 0. The molecule has 0 aromatic heterocycles. The third-order valence-corrected chi connectivity index (χ3v) is 13.5. The van der Waals surface area contributed by atoms with Crippen molar-refractivity contribution in [3.05, 3.63) is 97.2 Å². The summed E-state index contributed by atoms with van der Waals surface area (Å²) in [5.74, 6) is -5.10. The fourth-order valence-corrected chi connectivity index (χ4v) is 8.79. The highest BCUT2D eigenvalue weighted by molar-refractivity contribution is 5.87. The number of urea groups is 1. The number of hydrogen-bond acceptors (Lipinski definition) is 18. The van der Waals surface area contributed by atoms with Gasteiger partial charge < -0.3 is 91.1 Å². The predicted octanol–water partition coefficient (Wildman–Crippen LogP) is 0.728. The number of allylic oxidation sites excluding steroid dienone is 12. The highest BCUT2D eigenvalue weighted by atomic mass is 16.7. The number of ether oxygens (including phenoxy) is 5. The lowest BCUT2D eigenvalue weighted by Gasteiger charge is -2.47. The maximum absolute atomic E-state index is 13.4. The number of amides is 2. The molecular formula is C52H79N3O18. The number of carboxylic acids is 1. The summed E-state index contributed by atoms with van der Waals surface area (Å²) in [6.45, 7) is 10.0. The van der Waals surface area contributed by atoms with Gasteiger partial charge in [0.15, 0.2) is 17.6 Å². The summed E-state index contributed by atoms with van der Waals surface area (Å²) >= 11 is 0. The SMILES string of the molecule is C=C1C[C@H](O)C[C@]2(O)C[C@H](O)[C@@H](NC(=O)NC3(C(=O)O)COC3)[C@H](C[C@@H](O[C@@H]3O[C@H](C)[C@@H](O)[C@H](N)[C@@H]3O)\C=C/C=C\C=C/C=C\C=C/C=C\C=C/[C@H](C)[C@@H](O)[C@@H](C)[C@H](C)OC(=O)C[C@H](O)C[C@H](O)CC[C@H]1O)O2. The van der Waals surface area contributed by atoms with Crippen molar-refractivity contribution in [2.75, 3.05) is 13.2 Å². The van der Waals surface area contributed by atoms with Crippen molar-refractivity contribution in [3.8, 4) is 0 Å². The smallest absolute Gasteiger partial charge is 0.334 e. The maximum Gasteiger partial charge on any atom is 0.334 e. The highest BCUT2D eigenvalue weighted by Gasteiger charge is 2.51. The molecule has 73 heavy (non-hydrogen) atoms. The molecule has 0 saturated carbocycles. The lowest BCUT2D eigenvalue weighted by atomic mass is 9.86. The Morgan fingerprint density at radius 3 is 1.90 bits per heavy atom. The number of hydrogen-bond donors (Lipinski definition) is 13. The van der Waals surface area contributed by atoms with E-state index >= 15 is 0 Å². The lowest BCUT2D eigenvalue weighted by Crippen LogP contribution is -2.70. The predicted molar refractivity (Wildman–Crippen MR) is 266 cm³/mol. The minimum atomic E-state index is -2.29. The average molecular weight is 1030 g/mol. The summed E-state index contributed by atoms with van der Waals surface area (Å²) in [4.78, 5) is 38.2. The van der Waals surface area contributed by atoms with Gasteiger partial charge in [0.1, 0.15) is 12.2 Å². The third-order valence-electron chi connectivity index (χ3n) is 13.5. The van der Waals surface area contributed by atoms with Gasteiger partial charge in [0, 0.05) is 31.1 Å². The summed E-state index contributed by atoms with van der Waals surface area (Å²) < 4.78 is 28.8. The van der Waals surface area contributed by atoms with Crippen LogP contribution in [0, 0.1) is 11.8 Å². The van der Waals surface area contributed by atoms with Gasteiger partial charge in [-0.15, -0.1) is 0 Å². The topological polar surface area (TPSA) is 350 Å². The van der Waals surface area contributed by atoms with Crippen LogP contribution in [-0.4, -0.2) is 185 Å². The van der Waals surface area contributed by atoms with Gasteiger partial charge in [0.25, 0.3) is 0 Å². The molecule has 0 aromatic rings. The number of aliphatic hydroxyl groups excluding tert-OH is 8. The van der Waals surface area contributed by atoms with Crippen LogP contribution in [0.25, 0.3) is 0 Å². The molecule has 3 saturated heterocycles. The Morgan fingerprint density at radius 1 is 0.740 bits per heavy atom. The molecule has 0 radical (unpaired) electrons. The van der Waals surface area contributed by atoms with E-state index in [4.69, 9.17) is 29.4 Å². The molecule has 0 spiro atoms. The summed E-state index contributed by atoms with van der Waals surface area (Å²) in [5.41, 5.74) is 4.48. The Kier molecular flexibility index (Phi) is 24.3. The van der Waals surface area contributed by atoms with Crippen LogP contribution in [0.5, 0.6) is 0 Å². The number of carbonyl (C=O) groups is 3. The van der Waals surface area contributed by atoms with E-state index in [9.17, 15) is 65.4 Å². The molecule has 4 rings (SSSR count). The quantitative estimate of drug-likeness (QED) is 0.133. The van der Waals surface area contributed by atoms with Gasteiger partial charge in [-0.2, -0.15) is 0 Å². The van der Waals surface area contributed by atoms with Crippen LogP contribution in [0.1, 0.15) is 79.1 Å². The number of carboxylic acid groups (broad SMARTS) is 1. The Bertz CT molecular complexity index is 2000. The fourth-order valence-electron chi connectivity index (χ4n) is 8.79. The van der Waals surface area contributed by atoms with Crippen LogP contribution >= 0.6 is 0 Å². The van der Waals surface area contributed by atoms with Crippen LogP contribution in [0.2, 0.25) is 0 Å². The highest BCUT2D eigenvalue weighted by Crippen LogP contribution is 2.36. The van der Waals surface area contributed by atoms with E-state index in [0.717, 1.165) is 0 Å². The zero-order valence-electron chi connectivity index (χ0n) is 42.0. The summed E-state index contributed by atoms with van der Waals surface area (Å²) in [6.07, 6.45) is 6.32. The lowest BCUT2D eigenvalue weighted by molar-refractivity contribution is -0.302. The molecule has 0 unspecified atom stereocenters.